The number of guanidine groups is 1. The van der Waals surface area contributed by atoms with E-state index in [1.807, 2.05) is 43.3 Å². The topological polar surface area (TPSA) is 79.8 Å². The third kappa shape index (κ3) is 8.15. The van der Waals surface area contributed by atoms with Crippen molar-refractivity contribution in [2.75, 3.05) is 33.0 Å². The van der Waals surface area contributed by atoms with E-state index in [9.17, 15) is 8.42 Å². The van der Waals surface area contributed by atoms with Gasteiger partial charge >= 0.3 is 0 Å². The van der Waals surface area contributed by atoms with Crippen molar-refractivity contribution in [1.82, 2.24) is 10.6 Å². The number of hydrogen-bond donors (Lipinski definition) is 2. The lowest BCUT2D eigenvalue weighted by atomic mass is 10.1. The molecule has 7 heteroatoms. The van der Waals surface area contributed by atoms with Crippen LogP contribution in [0, 0.1) is 6.92 Å². The second-order valence-corrected chi connectivity index (χ2v) is 9.09. The Morgan fingerprint density at radius 3 is 2.45 bits per heavy atom. The summed E-state index contributed by atoms with van der Waals surface area (Å²) in [5, 5.41) is 6.43. The third-order valence-corrected chi connectivity index (χ3v) is 6.24. The molecule has 0 radical (unpaired) electrons. The molecule has 158 valence electrons. The van der Waals surface area contributed by atoms with Gasteiger partial charge in [0.15, 0.2) is 15.8 Å². The van der Waals surface area contributed by atoms with Crippen LogP contribution in [0.4, 0.5) is 0 Å². The van der Waals surface area contributed by atoms with Crippen LogP contribution in [-0.4, -0.2) is 47.4 Å². The highest BCUT2D eigenvalue weighted by Crippen LogP contribution is 2.19. The first-order valence-corrected chi connectivity index (χ1v) is 11.6. The number of benzene rings is 2. The Morgan fingerprint density at radius 2 is 1.76 bits per heavy atom. The first-order valence-electron chi connectivity index (χ1n) is 9.76. The molecule has 0 heterocycles. The Labute approximate surface area is 174 Å². The zero-order valence-electron chi connectivity index (χ0n) is 17.4. The van der Waals surface area contributed by atoms with Crippen LogP contribution in [0.25, 0.3) is 0 Å². The fourth-order valence-corrected chi connectivity index (χ4v) is 4.39. The van der Waals surface area contributed by atoms with Gasteiger partial charge in [0.1, 0.15) is 5.75 Å². The van der Waals surface area contributed by atoms with Crippen molar-refractivity contribution >= 4 is 15.8 Å². The van der Waals surface area contributed by atoms with Crippen molar-refractivity contribution in [2.24, 2.45) is 4.99 Å². The van der Waals surface area contributed by atoms with Gasteiger partial charge in [0.25, 0.3) is 0 Å². The van der Waals surface area contributed by atoms with Gasteiger partial charge in [-0.1, -0.05) is 42.5 Å². The molecule has 0 aliphatic rings. The molecule has 0 spiro atoms. The average Bonchev–Trinajstić information content (AvgIpc) is 2.71. The Kier molecular flexibility index (Phi) is 8.99. The van der Waals surface area contributed by atoms with Crippen LogP contribution >= 0.6 is 0 Å². The summed E-state index contributed by atoms with van der Waals surface area (Å²) >= 11 is 0. The van der Waals surface area contributed by atoms with E-state index in [1.165, 1.54) is 5.56 Å². The van der Waals surface area contributed by atoms with Gasteiger partial charge in [-0.3, -0.25) is 4.99 Å². The zero-order valence-corrected chi connectivity index (χ0v) is 18.3. The molecule has 2 rings (SSSR count). The second kappa shape index (κ2) is 11.5. The average molecular weight is 418 g/mol. The number of rotatable bonds is 10. The first kappa shape index (κ1) is 22.7. The molecule has 29 heavy (non-hydrogen) atoms. The molecule has 6 nitrogen and oxygen atoms in total. The fourth-order valence-electron chi connectivity index (χ4n) is 2.96. The Hall–Kier alpha value is -2.54. The second-order valence-electron chi connectivity index (χ2n) is 6.91. The van der Waals surface area contributed by atoms with Crippen LogP contribution in [0.2, 0.25) is 0 Å². The molecule has 0 bridgehead atoms. The molecule has 0 saturated heterocycles. The van der Waals surface area contributed by atoms with Crippen molar-refractivity contribution in [3.8, 4) is 5.75 Å². The van der Waals surface area contributed by atoms with Gasteiger partial charge in [-0.2, -0.15) is 0 Å². The Balaban J connectivity index is 1.70. The van der Waals surface area contributed by atoms with E-state index >= 15 is 0 Å². The number of nitrogens with zero attached hydrogens (tertiary/aromatic N) is 1. The largest absolute Gasteiger partial charge is 0.496 e. The number of aliphatic imine (C=N–C) groups is 1. The highest BCUT2D eigenvalue weighted by Gasteiger charge is 2.11. The maximum Gasteiger partial charge on any atom is 0.190 e. The van der Waals surface area contributed by atoms with Crippen molar-refractivity contribution in [3.05, 3.63) is 65.2 Å². The number of ether oxygens (including phenoxy) is 1. The fraction of sp³-hybridized carbons (Fsp3) is 0.409. The van der Waals surface area contributed by atoms with Crippen molar-refractivity contribution in [1.29, 1.82) is 0 Å². The lowest BCUT2D eigenvalue weighted by Crippen LogP contribution is -2.39. The van der Waals surface area contributed by atoms with E-state index in [0.29, 0.717) is 18.9 Å². The number of aryl methyl sites for hydroxylation is 1. The summed E-state index contributed by atoms with van der Waals surface area (Å²) in [6.45, 7) is 3.29. The Morgan fingerprint density at radius 1 is 1.03 bits per heavy atom. The third-order valence-electron chi connectivity index (χ3n) is 4.56. The van der Waals surface area contributed by atoms with Crippen LogP contribution in [0.3, 0.4) is 0 Å². The van der Waals surface area contributed by atoms with E-state index in [-0.39, 0.29) is 11.5 Å². The van der Waals surface area contributed by atoms with Gasteiger partial charge < -0.3 is 15.4 Å². The van der Waals surface area contributed by atoms with E-state index in [0.717, 1.165) is 29.8 Å². The smallest absolute Gasteiger partial charge is 0.190 e. The number of methoxy groups -OCH3 is 1. The van der Waals surface area contributed by atoms with E-state index in [4.69, 9.17) is 4.74 Å². The molecular formula is C22H31N3O3S. The number of nitrogens with one attached hydrogen (secondary N) is 2. The summed E-state index contributed by atoms with van der Waals surface area (Å²) in [5.74, 6) is 1.79. The van der Waals surface area contributed by atoms with Crippen molar-refractivity contribution in [2.45, 2.75) is 25.5 Å². The molecule has 0 fully saturated rings. The van der Waals surface area contributed by atoms with Gasteiger partial charge in [0.05, 0.1) is 18.6 Å². The summed E-state index contributed by atoms with van der Waals surface area (Å²) in [6, 6.07) is 15.5. The molecule has 0 aliphatic heterocycles. The summed E-state index contributed by atoms with van der Waals surface area (Å²) in [7, 11) is 0.267. The molecule has 2 aromatic rings. The minimum atomic E-state index is -3.11. The molecule has 0 atom stereocenters. The van der Waals surface area contributed by atoms with Gasteiger partial charge in [-0.05, 0) is 42.5 Å². The summed E-state index contributed by atoms with van der Waals surface area (Å²) in [5.41, 5.74) is 3.12. The van der Waals surface area contributed by atoms with E-state index in [2.05, 4.69) is 27.8 Å². The van der Waals surface area contributed by atoms with Crippen molar-refractivity contribution in [3.63, 3.8) is 0 Å². The summed E-state index contributed by atoms with van der Waals surface area (Å²) < 4.78 is 29.8. The predicted octanol–water partition coefficient (Wildman–Crippen LogP) is 2.72. The van der Waals surface area contributed by atoms with Gasteiger partial charge in [0.2, 0.25) is 0 Å². The monoisotopic (exact) mass is 417 g/mol. The van der Waals surface area contributed by atoms with Crippen LogP contribution < -0.4 is 15.4 Å². The zero-order chi connectivity index (χ0) is 21.1. The highest BCUT2D eigenvalue weighted by atomic mass is 32.2. The first-order chi connectivity index (χ1) is 13.9. The molecule has 0 amide bonds. The quantitative estimate of drug-likeness (QED) is 0.353. The lowest BCUT2D eigenvalue weighted by Gasteiger charge is -2.13. The molecular weight excluding hydrogens is 386 g/mol. The molecule has 0 aliphatic carbocycles. The van der Waals surface area contributed by atoms with Crippen LogP contribution in [-0.2, 0) is 22.0 Å². The number of sulfone groups is 1. The minimum absolute atomic E-state index is 0.0842. The van der Waals surface area contributed by atoms with Gasteiger partial charge in [-0.15, -0.1) is 0 Å². The van der Waals surface area contributed by atoms with Crippen LogP contribution in [0.5, 0.6) is 5.75 Å². The van der Waals surface area contributed by atoms with Crippen LogP contribution in [0.1, 0.15) is 23.1 Å². The standard InChI is InChI=1S/C22H31N3O3S/c1-18-10-11-19(16-21(18)28-3)12-14-25-22(23-2)24-13-7-15-29(26,27)17-20-8-5-4-6-9-20/h4-6,8-11,16H,7,12-15,17H2,1-3H3,(H2,23,24,25). The highest BCUT2D eigenvalue weighted by molar-refractivity contribution is 7.90. The number of hydrogen-bond acceptors (Lipinski definition) is 4. The molecule has 2 N–H and O–H groups in total. The molecule has 0 aromatic heterocycles. The van der Waals surface area contributed by atoms with E-state index < -0.39 is 9.84 Å². The molecule has 2 aromatic carbocycles. The normalized spacial score (nSPS) is 11.9. The van der Waals surface area contributed by atoms with Gasteiger partial charge in [0, 0.05) is 20.1 Å². The predicted molar refractivity (Wildman–Crippen MR) is 119 cm³/mol. The summed E-state index contributed by atoms with van der Waals surface area (Å²) in [6.07, 6.45) is 1.37. The SMILES string of the molecule is CN=C(NCCCS(=O)(=O)Cc1ccccc1)NCCc1ccc(C)c(OC)c1. The summed E-state index contributed by atoms with van der Waals surface area (Å²) in [4.78, 5) is 4.19. The lowest BCUT2D eigenvalue weighted by molar-refractivity contribution is 0.411. The molecule has 0 saturated carbocycles. The van der Waals surface area contributed by atoms with Gasteiger partial charge in [-0.25, -0.2) is 8.42 Å². The Bertz CT molecular complexity index is 897. The maximum atomic E-state index is 12.2. The minimum Gasteiger partial charge on any atom is -0.496 e. The molecule has 0 unspecified atom stereocenters. The van der Waals surface area contributed by atoms with Crippen LogP contribution in [0.15, 0.2) is 53.5 Å². The van der Waals surface area contributed by atoms with Crippen molar-refractivity contribution < 1.29 is 13.2 Å². The van der Waals surface area contributed by atoms with E-state index in [1.54, 1.807) is 14.2 Å². The maximum absolute atomic E-state index is 12.2.